The van der Waals surface area contributed by atoms with Crippen molar-refractivity contribution in [2.24, 2.45) is 0 Å². The van der Waals surface area contributed by atoms with Crippen molar-refractivity contribution in [3.05, 3.63) is 0 Å². The molecule has 0 bridgehead atoms. The fraction of sp³-hybridized carbons (Fsp3) is 0.889. The van der Waals surface area contributed by atoms with Gasteiger partial charge in [0.2, 0.25) is 6.29 Å². The first-order chi connectivity index (χ1) is 11.1. The number of alkyl carbamates (subject to hydrolysis) is 1. The second-order valence-corrected chi connectivity index (χ2v) is 13.7. The lowest BCUT2D eigenvalue weighted by Crippen LogP contribution is -2.53. The molecular weight excluding hydrogens is 338 g/mol. The van der Waals surface area contributed by atoms with Gasteiger partial charge in [0.15, 0.2) is 8.32 Å². The third kappa shape index (κ3) is 9.25. The number of carbonyl (C=O) groups is 2. The smallest absolute Gasteiger partial charge is 0.408 e. The van der Waals surface area contributed by atoms with E-state index >= 15 is 0 Å². The van der Waals surface area contributed by atoms with Crippen molar-refractivity contribution < 1.29 is 23.5 Å². The maximum Gasteiger partial charge on any atom is 0.408 e. The van der Waals surface area contributed by atoms with E-state index in [0.29, 0.717) is 6.42 Å². The van der Waals surface area contributed by atoms with Crippen molar-refractivity contribution >= 4 is 20.4 Å². The highest BCUT2D eigenvalue weighted by Gasteiger charge is 2.42. The van der Waals surface area contributed by atoms with Crippen LogP contribution in [0.25, 0.3) is 0 Å². The van der Waals surface area contributed by atoms with Crippen LogP contribution in [-0.4, -0.2) is 38.3 Å². The molecule has 0 spiro atoms. The van der Waals surface area contributed by atoms with Gasteiger partial charge < -0.3 is 19.2 Å². The zero-order chi connectivity index (χ0) is 20.1. The molecule has 2 unspecified atom stereocenters. The molecule has 0 radical (unpaired) electrons. The van der Waals surface area contributed by atoms with E-state index < -0.39 is 38.3 Å². The van der Waals surface area contributed by atoms with Crippen LogP contribution >= 0.6 is 0 Å². The minimum absolute atomic E-state index is 0.0475. The predicted molar refractivity (Wildman–Crippen MR) is 102 cm³/mol. The summed E-state index contributed by atoms with van der Waals surface area (Å²) in [5, 5.41) is 2.77. The van der Waals surface area contributed by atoms with Gasteiger partial charge in [-0.15, -0.1) is 0 Å². The van der Waals surface area contributed by atoms with E-state index in [1.807, 2.05) is 6.92 Å². The molecule has 148 valence electrons. The molecule has 6 nitrogen and oxygen atoms in total. The second-order valence-electron chi connectivity index (χ2n) is 8.90. The molecule has 0 fully saturated rings. The van der Waals surface area contributed by atoms with Gasteiger partial charge in [0, 0.05) is 6.92 Å². The average Bonchev–Trinajstić information content (AvgIpc) is 2.32. The molecule has 7 heteroatoms. The fourth-order valence-electron chi connectivity index (χ4n) is 1.87. The van der Waals surface area contributed by atoms with Crippen LogP contribution in [0.3, 0.4) is 0 Å². The van der Waals surface area contributed by atoms with Crippen molar-refractivity contribution in [3.8, 4) is 0 Å². The SMILES string of the molecule is CCCC(NC(=O)OC(C)(C)C)C(OC(C)=O)O[Si](C)(C)C(C)(C)C. The summed E-state index contributed by atoms with van der Waals surface area (Å²) in [5.41, 5.74) is -0.599. The molecule has 0 heterocycles. The number of amides is 1. The van der Waals surface area contributed by atoms with Crippen LogP contribution in [0.15, 0.2) is 0 Å². The van der Waals surface area contributed by atoms with E-state index in [-0.39, 0.29) is 5.04 Å². The van der Waals surface area contributed by atoms with Gasteiger partial charge in [-0.1, -0.05) is 34.1 Å². The van der Waals surface area contributed by atoms with Gasteiger partial charge in [-0.25, -0.2) is 4.79 Å². The molecule has 0 aromatic rings. The van der Waals surface area contributed by atoms with Crippen molar-refractivity contribution in [1.29, 1.82) is 0 Å². The Labute approximate surface area is 154 Å². The van der Waals surface area contributed by atoms with Gasteiger partial charge in [0.25, 0.3) is 0 Å². The van der Waals surface area contributed by atoms with Crippen LogP contribution < -0.4 is 5.32 Å². The Morgan fingerprint density at radius 1 is 1.08 bits per heavy atom. The Morgan fingerprint density at radius 3 is 1.96 bits per heavy atom. The monoisotopic (exact) mass is 375 g/mol. The Hall–Kier alpha value is -1.08. The van der Waals surface area contributed by atoms with E-state index in [2.05, 4.69) is 39.2 Å². The lowest BCUT2D eigenvalue weighted by molar-refractivity contribution is -0.167. The molecule has 1 N–H and O–H groups in total. The molecule has 0 rings (SSSR count). The standard InChI is InChI=1S/C18H37NO5Si/c1-11-12-14(19-16(21)23-17(3,4)5)15(22-13(2)20)24-25(9,10)18(6,7)8/h14-15H,11-12H2,1-10H3,(H,19,21). The predicted octanol–water partition coefficient (Wildman–Crippen LogP) is 4.59. The normalized spacial score (nSPS) is 15.3. The summed E-state index contributed by atoms with van der Waals surface area (Å²) in [4.78, 5) is 23.8. The Kier molecular flexibility index (Phi) is 8.64. The van der Waals surface area contributed by atoms with Crippen LogP contribution in [0.4, 0.5) is 4.79 Å². The molecule has 2 atom stereocenters. The number of ether oxygens (including phenoxy) is 2. The Morgan fingerprint density at radius 2 is 1.60 bits per heavy atom. The third-order valence-corrected chi connectivity index (χ3v) is 8.56. The highest BCUT2D eigenvalue weighted by molar-refractivity contribution is 6.74. The molecule has 0 aliphatic rings. The molecule has 0 saturated carbocycles. The van der Waals surface area contributed by atoms with Gasteiger partial charge in [-0.05, 0) is 45.3 Å². The number of carbonyl (C=O) groups excluding carboxylic acids is 2. The van der Waals surface area contributed by atoms with Gasteiger partial charge in [-0.2, -0.15) is 0 Å². The molecule has 0 aliphatic heterocycles. The molecule has 25 heavy (non-hydrogen) atoms. The van der Waals surface area contributed by atoms with Crippen molar-refractivity contribution in [3.63, 3.8) is 0 Å². The summed E-state index contributed by atoms with van der Waals surface area (Å²) in [6.07, 6.45) is 0.0537. The topological polar surface area (TPSA) is 73.9 Å². The van der Waals surface area contributed by atoms with Crippen LogP contribution in [0, 0.1) is 0 Å². The van der Waals surface area contributed by atoms with Crippen molar-refractivity contribution in [2.45, 2.75) is 104 Å². The van der Waals surface area contributed by atoms with E-state index in [1.54, 1.807) is 20.8 Å². The molecule has 0 aromatic carbocycles. The quantitative estimate of drug-likeness (QED) is 0.400. The lowest BCUT2D eigenvalue weighted by Gasteiger charge is -2.40. The highest BCUT2D eigenvalue weighted by Crippen LogP contribution is 2.38. The summed E-state index contributed by atoms with van der Waals surface area (Å²) in [5.74, 6) is -0.434. The summed E-state index contributed by atoms with van der Waals surface area (Å²) in [7, 11) is -2.19. The molecule has 0 aliphatic carbocycles. The maximum atomic E-state index is 12.2. The second kappa shape index (κ2) is 9.03. The minimum Gasteiger partial charge on any atom is -0.444 e. The van der Waals surface area contributed by atoms with Crippen LogP contribution in [-0.2, 0) is 18.7 Å². The zero-order valence-corrected chi connectivity index (χ0v) is 18.6. The number of hydrogen-bond donors (Lipinski definition) is 1. The molecular formula is C18H37NO5Si. The molecule has 0 aromatic heterocycles. The van der Waals surface area contributed by atoms with Crippen molar-refractivity contribution in [2.75, 3.05) is 0 Å². The summed E-state index contributed by atoms with van der Waals surface area (Å²) in [6.45, 7) is 19.3. The number of rotatable bonds is 7. The van der Waals surface area contributed by atoms with Gasteiger partial charge in [-0.3, -0.25) is 4.79 Å². The van der Waals surface area contributed by atoms with E-state index in [9.17, 15) is 9.59 Å². The maximum absolute atomic E-state index is 12.2. The fourth-order valence-corrected chi connectivity index (χ4v) is 3.01. The first kappa shape index (κ1) is 23.9. The lowest BCUT2D eigenvalue weighted by atomic mass is 10.1. The minimum atomic E-state index is -2.19. The molecule has 0 saturated heterocycles. The zero-order valence-electron chi connectivity index (χ0n) is 17.6. The van der Waals surface area contributed by atoms with Crippen LogP contribution in [0.5, 0.6) is 0 Å². The first-order valence-corrected chi connectivity index (χ1v) is 11.8. The molecule has 1 amide bonds. The van der Waals surface area contributed by atoms with E-state index in [4.69, 9.17) is 13.9 Å². The van der Waals surface area contributed by atoms with Crippen LogP contribution in [0.2, 0.25) is 18.1 Å². The Bertz CT molecular complexity index is 451. The largest absolute Gasteiger partial charge is 0.444 e. The average molecular weight is 376 g/mol. The van der Waals surface area contributed by atoms with Gasteiger partial charge >= 0.3 is 12.1 Å². The van der Waals surface area contributed by atoms with Gasteiger partial charge in [0.05, 0.1) is 6.04 Å². The van der Waals surface area contributed by atoms with Crippen molar-refractivity contribution in [1.82, 2.24) is 5.32 Å². The Balaban J connectivity index is 5.38. The third-order valence-electron chi connectivity index (χ3n) is 4.13. The number of esters is 1. The summed E-state index contributed by atoms with van der Waals surface area (Å²) in [6, 6.07) is -0.460. The number of hydrogen-bond acceptors (Lipinski definition) is 5. The van der Waals surface area contributed by atoms with Crippen LogP contribution in [0.1, 0.15) is 68.2 Å². The highest BCUT2D eigenvalue weighted by atomic mass is 28.4. The number of nitrogens with one attached hydrogen (secondary N) is 1. The van der Waals surface area contributed by atoms with E-state index in [1.165, 1.54) is 6.92 Å². The summed E-state index contributed by atoms with van der Waals surface area (Å²) >= 11 is 0. The van der Waals surface area contributed by atoms with E-state index in [0.717, 1.165) is 6.42 Å². The summed E-state index contributed by atoms with van der Waals surface area (Å²) < 4.78 is 17.0. The first-order valence-electron chi connectivity index (χ1n) is 8.93. The van der Waals surface area contributed by atoms with Gasteiger partial charge in [0.1, 0.15) is 5.60 Å².